The van der Waals surface area contributed by atoms with Gasteiger partial charge in [-0.3, -0.25) is 0 Å². The quantitative estimate of drug-likeness (QED) is 0.156. The second-order valence-electron chi connectivity index (χ2n) is 16.2. The molecule has 0 aliphatic heterocycles. The highest BCUT2D eigenvalue weighted by atomic mass is 32.1. The van der Waals surface area contributed by atoms with Gasteiger partial charge >= 0.3 is 0 Å². The van der Waals surface area contributed by atoms with Crippen molar-refractivity contribution in [3.05, 3.63) is 222 Å². The molecular weight excluding hydrogens is 743 g/mol. The van der Waals surface area contributed by atoms with Crippen LogP contribution >= 0.6 is 11.3 Å². The molecule has 0 amide bonds. The topological polar surface area (TPSA) is 3.24 Å². The highest BCUT2D eigenvalue weighted by Gasteiger charge is 2.21. The third kappa shape index (κ3) is 6.06. The Morgan fingerprint density at radius 2 is 0.933 bits per heavy atom. The van der Waals surface area contributed by atoms with Crippen LogP contribution in [0.4, 0.5) is 17.1 Å². The molecular formula is C58H43NS. The molecule has 0 saturated heterocycles. The lowest BCUT2D eigenvalue weighted by Crippen LogP contribution is -2.12. The Labute approximate surface area is 356 Å². The van der Waals surface area contributed by atoms with E-state index in [1.54, 1.807) is 0 Å². The standard InChI is InChI=1S/C58H43NS/c1-37-13-4-6-15-47(37)48-18-10-19-49(38(48)2)50-20-11-22-55(39(50)3)59(45-31-27-40(28-32-45)42-25-26-44-35-43-14-5-7-16-51(43)54(44)36-42)46-33-29-41(30-34-46)52-21-12-24-57-58(52)53-17-8-9-23-56(53)60-57/h4-34,36H,35H2,1-3H3. The summed E-state index contributed by atoms with van der Waals surface area (Å²) < 4.78 is 2.65. The fraction of sp³-hybridized carbons (Fsp3) is 0.0690. The maximum absolute atomic E-state index is 2.44. The van der Waals surface area contributed by atoms with Crippen molar-refractivity contribution in [2.75, 3.05) is 4.90 Å². The predicted octanol–water partition coefficient (Wildman–Crippen LogP) is 16.7. The third-order valence-electron chi connectivity index (χ3n) is 12.7. The highest BCUT2D eigenvalue weighted by Crippen LogP contribution is 2.45. The molecule has 0 radical (unpaired) electrons. The third-order valence-corrected chi connectivity index (χ3v) is 13.8. The van der Waals surface area contributed by atoms with Gasteiger partial charge in [0.15, 0.2) is 0 Å². The van der Waals surface area contributed by atoms with E-state index in [-0.39, 0.29) is 0 Å². The van der Waals surface area contributed by atoms with Crippen LogP contribution in [0.1, 0.15) is 27.8 Å². The Kier molecular flexibility index (Phi) is 8.83. The Bertz CT molecular complexity index is 3260. The first kappa shape index (κ1) is 36.1. The van der Waals surface area contributed by atoms with Crippen LogP contribution in [0.15, 0.2) is 194 Å². The molecule has 1 aromatic heterocycles. The molecule has 0 N–H and O–H groups in total. The average molecular weight is 786 g/mol. The monoisotopic (exact) mass is 785 g/mol. The second-order valence-corrected chi connectivity index (χ2v) is 17.2. The molecule has 1 heterocycles. The van der Waals surface area contributed by atoms with Crippen LogP contribution in [0.3, 0.4) is 0 Å². The summed E-state index contributed by atoms with van der Waals surface area (Å²) in [6, 6.07) is 71.9. The SMILES string of the molecule is Cc1ccccc1-c1cccc(-c2cccc(N(c3ccc(-c4ccc5c(c4)-c4ccccc4C5)cc3)c3ccc(-c4cccc5sc6ccccc6c45)cc3)c2C)c1C. The van der Waals surface area contributed by atoms with Crippen LogP contribution in [0.5, 0.6) is 0 Å². The van der Waals surface area contributed by atoms with Crippen molar-refractivity contribution < 1.29 is 0 Å². The fourth-order valence-corrected chi connectivity index (χ4v) is 10.7. The Morgan fingerprint density at radius 3 is 1.72 bits per heavy atom. The summed E-state index contributed by atoms with van der Waals surface area (Å²) in [6.45, 7) is 6.76. The smallest absolute Gasteiger partial charge is 0.0496 e. The molecule has 0 spiro atoms. The van der Waals surface area contributed by atoms with Crippen molar-refractivity contribution in [2.45, 2.75) is 27.2 Å². The lowest BCUT2D eigenvalue weighted by molar-refractivity contribution is 1.25. The lowest BCUT2D eigenvalue weighted by Gasteiger charge is -2.29. The van der Waals surface area contributed by atoms with Crippen LogP contribution in [-0.4, -0.2) is 0 Å². The van der Waals surface area contributed by atoms with E-state index in [4.69, 9.17) is 0 Å². The van der Waals surface area contributed by atoms with Gasteiger partial charge in [0, 0.05) is 37.2 Å². The van der Waals surface area contributed by atoms with Crippen molar-refractivity contribution in [3.8, 4) is 55.6 Å². The minimum Gasteiger partial charge on any atom is -0.310 e. The Hall–Kier alpha value is -7.00. The van der Waals surface area contributed by atoms with Gasteiger partial charge in [-0.15, -0.1) is 11.3 Å². The first-order chi connectivity index (χ1) is 29.5. The number of hydrogen-bond acceptors (Lipinski definition) is 2. The van der Waals surface area contributed by atoms with E-state index in [1.165, 1.54) is 104 Å². The fourth-order valence-electron chi connectivity index (χ4n) is 9.59. The largest absolute Gasteiger partial charge is 0.310 e. The Balaban J connectivity index is 1.03. The zero-order valence-corrected chi connectivity index (χ0v) is 34.9. The van der Waals surface area contributed by atoms with Gasteiger partial charge in [0.05, 0.1) is 0 Å². The summed E-state index contributed by atoms with van der Waals surface area (Å²) in [6.07, 6.45) is 1.01. The van der Waals surface area contributed by atoms with Crippen molar-refractivity contribution in [1.29, 1.82) is 0 Å². The molecule has 1 aliphatic carbocycles. The van der Waals surface area contributed by atoms with E-state index in [0.29, 0.717) is 0 Å². The van der Waals surface area contributed by atoms with E-state index in [9.17, 15) is 0 Å². The van der Waals surface area contributed by atoms with Crippen LogP contribution < -0.4 is 4.90 Å². The molecule has 0 atom stereocenters. The zero-order chi connectivity index (χ0) is 40.3. The van der Waals surface area contributed by atoms with Crippen molar-refractivity contribution in [3.63, 3.8) is 0 Å². The second kappa shape index (κ2) is 14.7. The van der Waals surface area contributed by atoms with Gasteiger partial charge in [-0.1, -0.05) is 146 Å². The van der Waals surface area contributed by atoms with Crippen LogP contribution in [0, 0.1) is 20.8 Å². The molecule has 0 unspecified atom stereocenters. The minimum atomic E-state index is 1.01. The van der Waals surface area contributed by atoms with E-state index in [1.807, 2.05) is 11.3 Å². The summed E-state index contributed by atoms with van der Waals surface area (Å²) >= 11 is 1.87. The average Bonchev–Trinajstić information content (AvgIpc) is 3.86. The number of thiophene rings is 1. The molecule has 60 heavy (non-hydrogen) atoms. The normalized spacial score (nSPS) is 11.8. The lowest BCUT2D eigenvalue weighted by atomic mass is 9.89. The molecule has 10 aromatic rings. The van der Waals surface area contributed by atoms with Crippen LogP contribution in [-0.2, 0) is 6.42 Å². The van der Waals surface area contributed by atoms with Crippen molar-refractivity contribution in [1.82, 2.24) is 0 Å². The molecule has 9 aromatic carbocycles. The summed E-state index contributed by atoms with van der Waals surface area (Å²) in [5.74, 6) is 0. The molecule has 0 bridgehead atoms. The van der Waals surface area contributed by atoms with Gasteiger partial charge in [-0.2, -0.15) is 0 Å². The number of hydrogen-bond donors (Lipinski definition) is 0. The molecule has 0 fully saturated rings. The first-order valence-electron chi connectivity index (χ1n) is 20.9. The van der Waals surface area contributed by atoms with E-state index in [2.05, 4.69) is 220 Å². The summed E-state index contributed by atoms with van der Waals surface area (Å²) in [5, 5.41) is 2.65. The molecule has 0 saturated carbocycles. The van der Waals surface area contributed by atoms with Gasteiger partial charge in [0.25, 0.3) is 0 Å². The number of anilines is 3. The van der Waals surface area contributed by atoms with Crippen LogP contribution in [0.2, 0.25) is 0 Å². The maximum atomic E-state index is 2.44. The summed E-state index contributed by atoms with van der Waals surface area (Å²) in [7, 11) is 0. The van der Waals surface area contributed by atoms with Gasteiger partial charge in [0.2, 0.25) is 0 Å². The van der Waals surface area contributed by atoms with Crippen molar-refractivity contribution in [2.24, 2.45) is 0 Å². The number of aryl methyl sites for hydroxylation is 1. The van der Waals surface area contributed by atoms with Gasteiger partial charge in [0.1, 0.15) is 0 Å². The number of fused-ring (bicyclic) bond motifs is 6. The molecule has 286 valence electrons. The number of benzene rings is 9. The highest BCUT2D eigenvalue weighted by molar-refractivity contribution is 7.25. The molecule has 1 aliphatic rings. The van der Waals surface area contributed by atoms with Gasteiger partial charge < -0.3 is 4.90 Å². The minimum absolute atomic E-state index is 1.01. The van der Waals surface area contributed by atoms with Crippen molar-refractivity contribution >= 4 is 48.6 Å². The predicted molar refractivity (Wildman–Crippen MR) is 258 cm³/mol. The summed E-state index contributed by atoms with van der Waals surface area (Å²) in [5.41, 5.74) is 22.8. The first-order valence-corrected chi connectivity index (χ1v) is 21.7. The number of rotatable bonds is 7. The number of nitrogens with zero attached hydrogens (tertiary/aromatic N) is 1. The van der Waals surface area contributed by atoms with Gasteiger partial charge in [-0.25, -0.2) is 0 Å². The molecule has 1 nitrogen and oxygen atoms in total. The van der Waals surface area contributed by atoms with E-state index >= 15 is 0 Å². The van der Waals surface area contributed by atoms with Crippen LogP contribution in [0.25, 0.3) is 75.8 Å². The zero-order valence-electron chi connectivity index (χ0n) is 34.0. The Morgan fingerprint density at radius 1 is 0.383 bits per heavy atom. The maximum Gasteiger partial charge on any atom is 0.0496 e. The van der Waals surface area contributed by atoms with Gasteiger partial charge in [-0.05, 0) is 159 Å². The van der Waals surface area contributed by atoms with E-state index < -0.39 is 0 Å². The molecule has 11 rings (SSSR count). The summed E-state index contributed by atoms with van der Waals surface area (Å²) in [4.78, 5) is 2.44. The molecule has 2 heteroatoms. The van der Waals surface area contributed by atoms with E-state index in [0.717, 1.165) is 23.5 Å².